The molecule has 1 aromatic carbocycles. The second-order valence-corrected chi connectivity index (χ2v) is 5.24. The van der Waals surface area contributed by atoms with Crippen LogP contribution < -0.4 is 0 Å². The summed E-state index contributed by atoms with van der Waals surface area (Å²) in [5, 5.41) is 20.2. The Bertz CT molecular complexity index is 891. The molecular formula is C14H10N4O2S2. The first-order valence-corrected chi connectivity index (χ1v) is 7.03. The van der Waals surface area contributed by atoms with Crippen LogP contribution in [-0.4, -0.2) is 30.1 Å². The lowest BCUT2D eigenvalue weighted by Crippen LogP contribution is -1.91. The number of phenolic OH excluding ortho intramolecular Hbond substituents is 2. The number of H-pyrrole nitrogens is 2. The zero-order valence-electron chi connectivity index (χ0n) is 11.1. The van der Waals surface area contributed by atoms with Crippen LogP contribution in [0.4, 0.5) is 0 Å². The highest BCUT2D eigenvalue weighted by atomic mass is 32.1. The minimum atomic E-state index is -0.0780. The SMILES string of the molecule is Oc1cc(O)c(-c2ccnc(=S)[nH]2)cc1-c1ccnc(=S)[nH]1. The van der Waals surface area contributed by atoms with Crippen molar-refractivity contribution in [3.8, 4) is 34.0 Å². The molecule has 0 bridgehead atoms. The van der Waals surface area contributed by atoms with E-state index in [1.807, 2.05) is 0 Å². The van der Waals surface area contributed by atoms with E-state index in [2.05, 4.69) is 19.9 Å². The van der Waals surface area contributed by atoms with Gasteiger partial charge in [-0.15, -0.1) is 0 Å². The van der Waals surface area contributed by atoms with E-state index in [0.29, 0.717) is 32.1 Å². The van der Waals surface area contributed by atoms with Crippen LogP contribution >= 0.6 is 24.4 Å². The Morgan fingerprint density at radius 3 is 1.64 bits per heavy atom. The van der Waals surface area contributed by atoms with E-state index in [9.17, 15) is 10.2 Å². The van der Waals surface area contributed by atoms with Gasteiger partial charge in [-0.1, -0.05) is 0 Å². The first-order chi connectivity index (χ1) is 10.5. The fourth-order valence-electron chi connectivity index (χ4n) is 2.06. The summed E-state index contributed by atoms with van der Waals surface area (Å²) in [5.41, 5.74) is 2.15. The standard InChI is InChI=1S/C14H10N4O2S2/c19-11-6-12(20)8(10-2-4-16-14(22)18-10)5-7(11)9-1-3-15-13(21)17-9/h1-6,19-20H,(H,15,17,21)(H,16,18,22). The van der Waals surface area contributed by atoms with E-state index in [4.69, 9.17) is 24.4 Å². The second kappa shape index (κ2) is 5.66. The van der Waals surface area contributed by atoms with Crippen LogP contribution in [0, 0.1) is 9.54 Å². The summed E-state index contributed by atoms with van der Waals surface area (Å²) in [5.74, 6) is -0.156. The van der Waals surface area contributed by atoms with Crippen molar-refractivity contribution < 1.29 is 10.2 Å². The molecule has 3 aromatic rings. The summed E-state index contributed by atoms with van der Waals surface area (Å²) in [6.07, 6.45) is 3.08. The van der Waals surface area contributed by atoms with Crippen LogP contribution in [0.15, 0.2) is 36.7 Å². The van der Waals surface area contributed by atoms with E-state index in [1.54, 1.807) is 30.6 Å². The van der Waals surface area contributed by atoms with Gasteiger partial charge in [-0.3, -0.25) is 0 Å². The predicted octanol–water partition coefficient (Wildman–Crippen LogP) is 3.34. The predicted molar refractivity (Wildman–Crippen MR) is 86.6 cm³/mol. The number of hydrogen-bond acceptors (Lipinski definition) is 6. The van der Waals surface area contributed by atoms with Crippen molar-refractivity contribution >= 4 is 24.4 Å². The van der Waals surface area contributed by atoms with Gasteiger partial charge < -0.3 is 20.2 Å². The first kappa shape index (κ1) is 14.4. The summed E-state index contributed by atoms with van der Waals surface area (Å²) in [6.45, 7) is 0. The number of nitrogens with zero attached hydrogens (tertiary/aromatic N) is 2. The van der Waals surface area contributed by atoms with Crippen molar-refractivity contribution in [1.29, 1.82) is 0 Å². The molecule has 0 radical (unpaired) electrons. The normalized spacial score (nSPS) is 10.5. The molecule has 0 atom stereocenters. The molecule has 3 rings (SSSR count). The molecule has 0 amide bonds. The maximum Gasteiger partial charge on any atom is 0.197 e. The summed E-state index contributed by atoms with van der Waals surface area (Å²) >= 11 is 9.97. The quantitative estimate of drug-likeness (QED) is 0.538. The molecular weight excluding hydrogens is 320 g/mol. The van der Waals surface area contributed by atoms with Crippen molar-refractivity contribution in [3.05, 3.63) is 46.2 Å². The third-order valence-corrected chi connectivity index (χ3v) is 3.46. The highest BCUT2D eigenvalue weighted by molar-refractivity contribution is 7.71. The van der Waals surface area contributed by atoms with Crippen molar-refractivity contribution in [2.45, 2.75) is 0 Å². The van der Waals surface area contributed by atoms with Gasteiger partial charge in [0, 0.05) is 29.6 Å². The Morgan fingerprint density at radius 1 is 0.773 bits per heavy atom. The lowest BCUT2D eigenvalue weighted by atomic mass is 10.0. The molecule has 2 heterocycles. The highest BCUT2D eigenvalue weighted by Crippen LogP contribution is 2.38. The molecule has 0 fully saturated rings. The number of aromatic nitrogens is 4. The molecule has 2 aromatic heterocycles. The van der Waals surface area contributed by atoms with Crippen LogP contribution in [0.5, 0.6) is 11.5 Å². The van der Waals surface area contributed by atoms with E-state index >= 15 is 0 Å². The molecule has 0 spiro atoms. The number of rotatable bonds is 2. The number of aromatic amines is 2. The number of phenols is 2. The average Bonchev–Trinajstić information content (AvgIpc) is 2.47. The summed E-state index contributed by atoms with van der Waals surface area (Å²) in [7, 11) is 0. The number of aromatic hydroxyl groups is 2. The van der Waals surface area contributed by atoms with Crippen molar-refractivity contribution in [2.75, 3.05) is 0 Å². The van der Waals surface area contributed by atoms with Crippen LogP contribution in [0.1, 0.15) is 0 Å². The Kier molecular flexibility index (Phi) is 3.70. The van der Waals surface area contributed by atoms with Crippen LogP contribution in [-0.2, 0) is 0 Å². The summed E-state index contributed by atoms with van der Waals surface area (Å²) in [6, 6.07) is 6.26. The Hall–Kier alpha value is -2.58. The molecule has 0 aliphatic carbocycles. The van der Waals surface area contributed by atoms with E-state index < -0.39 is 0 Å². The van der Waals surface area contributed by atoms with Gasteiger partial charge in [0.2, 0.25) is 0 Å². The monoisotopic (exact) mass is 330 g/mol. The largest absolute Gasteiger partial charge is 0.507 e. The molecule has 4 N–H and O–H groups in total. The van der Waals surface area contributed by atoms with E-state index in [-0.39, 0.29) is 11.5 Å². The smallest absolute Gasteiger partial charge is 0.197 e. The fraction of sp³-hybridized carbons (Fsp3) is 0. The molecule has 8 heteroatoms. The van der Waals surface area contributed by atoms with E-state index in [0.717, 1.165) is 0 Å². The summed E-state index contributed by atoms with van der Waals surface area (Å²) in [4.78, 5) is 13.6. The minimum absolute atomic E-state index is 0.0780. The zero-order valence-corrected chi connectivity index (χ0v) is 12.7. The molecule has 0 aliphatic heterocycles. The van der Waals surface area contributed by atoms with Crippen LogP contribution in [0.2, 0.25) is 0 Å². The summed E-state index contributed by atoms with van der Waals surface area (Å²) < 4.78 is 0.602. The van der Waals surface area contributed by atoms with Crippen molar-refractivity contribution in [2.24, 2.45) is 0 Å². The maximum absolute atomic E-state index is 10.1. The molecule has 0 saturated carbocycles. The van der Waals surface area contributed by atoms with Gasteiger partial charge in [0.25, 0.3) is 0 Å². The zero-order chi connectivity index (χ0) is 15.7. The van der Waals surface area contributed by atoms with Crippen molar-refractivity contribution in [3.63, 3.8) is 0 Å². The van der Waals surface area contributed by atoms with E-state index in [1.165, 1.54) is 6.07 Å². The molecule has 110 valence electrons. The van der Waals surface area contributed by atoms with Gasteiger partial charge in [0.15, 0.2) is 9.54 Å². The lowest BCUT2D eigenvalue weighted by Gasteiger charge is -2.10. The Balaban J connectivity index is 2.24. The fourth-order valence-corrected chi connectivity index (χ4v) is 2.40. The lowest BCUT2D eigenvalue weighted by molar-refractivity contribution is 0.453. The number of benzene rings is 1. The molecule has 0 unspecified atom stereocenters. The minimum Gasteiger partial charge on any atom is -0.507 e. The highest BCUT2D eigenvalue weighted by Gasteiger charge is 2.13. The second-order valence-electron chi connectivity index (χ2n) is 4.46. The maximum atomic E-state index is 10.1. The molecule has 0 aliphatic rings. The average molecular weight is 330 g/mol. The molecule has 6 nitrogen and oxygen atoms in total. The Labute approximate surface area is 135 Å². The van der Waals surface area contributed by atoms with Crippen LogP contribution in [0.3, 0.4) is 0 Å². The first-order valence-electron chi connectivity index (χ1n) is 6.22. The molecule has 22 heavy (non-hydrogen) atoms. The van der Waals surface area contributed by atoms with Gasteiger partial charge in [0.05, 0.1) is 11.4 Å². The third-order valence-electron chi connectivity index (χ3n) is 3.04. The van der Waals surface area contributed by atoms with Gasteiger partial charge in [-0.2, -0.15) is 0 Å². The number of nitrogens with one attached hydrogen (secondary N) is 2. The van der Waals surface area contributed by atoms with Gasteiger partial charge in [-0.25, -0.2) is 9.97 Å². The number of hydrogen-bond donors (Lipinski definition) is 4. The third kappa shape index (κ3) is 2.74. The Morgan fingerprint density at radius 2 is 1.23 bits per heavy atom. The van der Waals surface area contributed by atoms with Gasteiger partial charge in [-0.05, 0) is 42.6 Å². The topological polar surface area (TPSA) is 97.8 Å². The van der Waals surface area contributed by atoms with Crippen molar-refractivity contribution in [1.82, 2.24) is 19.9 Å². The van der Waals surface area contributed by atoms with Gasteiger partial charge in [0.1, 0.15) is 11.5 Å². The van der Waals surface area contributed by atoms with Crippen LogP contribution in [0.25, 0.3) is 22.5 Å². The van der Waals surface area contributed by atoms with Gasteiger partial charge >= 0.3 is 0 Å². The molecule has 0 saturated heterocycles.